The van der Waals surface area contributed by atoms with Gasteiger partial charge in [0.05, 0.1) is 23.2 Å². The standard InChI is InChI=1S/C13H15BrN2OS/c1-17-12-4-2-3-10(12)16-11-7-8(14)5-6-9(11)15-13(16)18/h5-7,10,12H,2-4H2,1H3,(H,15,18). The Kier molecular flexibility index (Phi) is 3.30. The maximum atomic E-state index is 5.59. The van der Waals surface area contributed by atoms with Gasteiger partial charge in [0, 0.05) is 11.6 Å². The molecule has 1 heterocycles. The Labute approximate surface area is 119 Å². The fourth-order valence-electron chi connectivity index (χ4n) is 2.90. The first kappa shape index (κ1) is 12.4. The van der Waals surface area contributed by atoms with Crippen LogP contribution in [-0.4, -0.2) is 22.8 Å². The van der Waals surface area contributed by atoms with E-state index in [1.54, 1.807) is 7.11 Å². The van der Waals surface area contributed by atoms with E-state index in [0.29, 0.717) is 6.04 Å². The fraction of sp³-hybridized carbons (Fsp3) is 0.462. The predicted octanol–water partition coefficient (Wildman–Crippen LogP) is 4.20. The number of hydrogen-bond acceptors (Lipinski definition) is 2. The number of aromatic nitrogens is 2. The molecule has 2 aromatic rings. The van der Waals surface area contributed by atoms with Gasteiger partial charge in [-0.1, -0.05) is 15.9 Å². The van der Waals surface area contributed by atoms with Crippen molar-refractivity contribution in [3.05, 3.63) is 27.4 Å². The van der Waals surface area contributed by atoms with E-state index in [9.17, 15) is 0 Å². The molecular formula is C13H15BrN2OS. The Bertz CT molecular complexity index is 633. The molecule has 3 rings (SSSR count). The number of nitrogens with zero attached hydrogens (tertiary/aromatic N) is 1. The molecule has 96 valence electrons. The van der Waals surface area contributed by atoms with Crippen molar-refractivity contribution in [3.8, 4) is 0 Å². The van der Waals surface area contributed by atoms with Gasteiger partial charge in [-0.15, -0.1) is 0 Å². The Hall–Kier alpha value is -0.650. The number of nitrogens with one attached hydrogen (secondary N) is 1. The summed E-state index contributed by atoms with van der Waals surface area (Å²) in [6.07, 6.45) is 3.72. The molecule has 1 aliphatic carbocycles. The van der Waals surface area contributed by atoms with Gasteiger partial charge >= 0.3 is 0 Å². The maximum absolute atomic E-state index is 5.59. The van der Waals surface area contributed by atoms with Crippen molar-refractivity contribution in [2.75, 3.05) is 7.11 Å². The van der Waals surface area contributed by atoms with Crippen LogP contribution in [0.3, 0.4) is 0 Å². The number of imidazole rings is 1. The molecule has 1 N–H and O–H groups in total. The number of benzene rings is 1. The smallest absolute Gasteiger partial charge is 0.178 e. The minimum absolute atomic E-state index is 0.273. The number of aromatic amines is 1. The lowest BCUT2D eigenvalue weighted by Gasteiger charge is -2.20. The lowest BCUT2D eigenvalue weighted by atomic mass is 10.2. The highest BCUT2D eigenvalue weighted by Crippen LogP contribution is 2.35. The summed E-state index contributed by atoms with van der Waals surface area (Å²) in [4.78, 5) is 3.28. The van der Waals surface area contributed by atoms with Crippen LogP contribution in [0.25, 0.3) is 11.0 Å². The zero-order valence-electron chi connectivity index (χ0n) is 10.1. The van der Waals surface area contributed by atoms with Gasteiger partial charge in [0.15, 0.2) is 4.77 Å². The molecule has 0 spiro atoms. The van der Waals surface area contributed by atoms with E-state index in [-0.39, 0.29) is 6.10 Å². The Morgan fingerprint density at radius 2 is 2.28 bits per heavy atom. The molecule has 18 heavy (non-hydrogen) atoms. The average molecular weight is 327 g/mol. The third kappa shape index (κ3) is 1.94. The molecule has 0 amide bonds. The van der Waals surface area contributed by atoms with Crippen molar-refractivity contribution in [3.63, 3.8) is 0 Å². The first-order chi connectivity index (χ1) is 8.70. The molecule has 2 atom stereocenters. The van der Waals surface area contributed by atoms with Gasteiger partial charge in [0.1, 0.15) is 0 Å². The van der Waals surface area contributed by atoms with Gasteiger partial charge in [-0.25, -0.2) is 0 Å². The number of hydrogen-bond donors (Lipinski definition) is 1. The summed E-state index contributed by atoms with van der Waals surface area (Å²) in [5, 5.41) is 0. The Balaban J connectivity index is 2.18. The summed E-state index contributed by atoms with van der Waals surface area (Å²) in [7, 11) is 1.79. The van der Waals surface area contributed by atoms with E-state index < -0.39 is 0 Å². The first-order valence-corrected chi connectivity index (χ1v) is 7.33. The van der Waals surface area contributed by atoms with Crippen LogP contribution in [0.1, 0.15) is 25.3 Å². The minimum Gasteiger partial charge on any atom is -0.379 e. The molecule has 2 unspecified atom stereocenters. The zero-order valence-corrected chi connectivity index (χ0v) is 12.6. The molecular weight excluding hydrogens is 312 g/mol. The molecule has 1 saturated carbocycles. The quantitative estimate of drug-likeness (QED) is 0.838. The molecule has 0 saturated heterocycles. The summed E-state index contributed by atoms with van der Waals surface area (Å²) < 4.78 is 9.67. The van der Waals surface area contributed by atoms with Crippen LogP contribution in [-0.2, 0) is 4.74 Å². The number of halogens is 1. The molecule has 1 aliphatic rings. The van der Waals surface area contributed by atoms with Crippen LogP contribution in [0.15, 0.2) is 22.7 Å². The van der Waals surface area contributed by atoms with Crippen molar-refractivity contribution >= 4 is 39.2 Å². The van der Waals surface area contributed by atoms with Gasteiger partial charge in [-0.2, -0.15) is 0 Å². The second-order valence-corrected chi connectivity index (χ2v) is 6.04. The lowest BCUT2D eigenvalue weighted by Crippen LogP contribution is -2.20. The van der Waals surface area contributed by atoms with E-state index >= 15 is 0 Å². The molecule has 0 bridgehead atoms. The monoisotopic (exact) mass is 326 g/mol. The lowest BCUT2D eigenvalue weighted by molar-refractivity contribution is 0.0758. The van der Waals surface area contributed by atoms with Crippen LogP contribution < -0.4 is 0 Å². The summed E-state index contributed by atoms with van der Waals surface area (Å²) in [5.74, 6) is 0. The van der Waals surface area contributed by atoms with Gasteiger partial charge in [0.25, 0.3) is 0 Å². The van der Waals surface area contributed by atoms with Crippen LogP contribution in [0.5, 0.6) is 0 Å². The third-order valence-corrected chi connectivity index (χ3v) is 4.52. The Morgan fingerprint density at radius 1 is 1.44 bits per heavy atom. The average Bonchev–Trinajstić information content (AvgIpc) is 2.91. The van der Waals surface area contributed by atoms with Crippen molar-refractivity contribution in [1.82, 2.24) is 9.55 Å². The van der Waals surface area contributed by atoms with Gasteiger partial charge in [-0.05, 0) is 49.7 Å². The SMILES string of the molecule is COC1CCCC1n1c(=S)[nH]c2ccc(Br)cc21. The van der Waals surface area contributed by atoms with Crippen LogP contribution >= 0.6 is 28.1 Å². The summed E-state index contributed by atoms with van der Waals surface area (Å²) in [6, 6.07) is 6.56. The van der Waals surface area contributed by atoms with E-state index in [2.05, 4.69) is 37.6 Å². The topological polar surface area (TPSA) is 29.9 Å². The molecule has 0 radical (unpaired) electrons. The third-order valence-electron chi connectivity index (χ3n) is 3.73. The number of fused-ring (bicyclic) bond motifs is 1. The predicted molar refractivity (Wildman–Crippen MR) is 78.5 cm³/mol. The van der Waals surface area contributed by atoms with Crippen LogP contribution in [0.4, 0.5) is 0 Å². The van der Waals surface area contributed by atoms with E-state index in [0.717, 1.165) is 33.1 Å². The molecule has 1 aromatic heterocycles. The number of H-pyrrole nitrogens is 1. The van der Waals surface area contributed by atoms with Crippen molar-refractivity contribution in [1.29, 1.82) is 0 Å². The highest BCUT2D eigenvalue weighted by molar-refractivity contribution is 9.10. The second-order valence-electron chi connectivity index (χ2n) is 4.73. The fourth-order valence-corrected chi connectivity index (χ4v) is 3.59. The number of methoxy groups -OCH3 is 1. The van der Waals surface area contributed by atoms with Gasteiger partial charge in [0.2, 0.25) is 0 Å². The molecule has 1 aromatic carbocycles. The zero-order chi connectivity index (χ0) is 12.7. The van der Waals surface area contributed by atoms with Crippen LogP contribution in [0, 0.1) is 4.77 Å². The normalized spacial score (nSPS) is 23.9. The van der Waals surface area contributed by atoms with Crippen molar-refractivity contribution in [2.24, 2.45) is 0 Å². The van der Waals surface area contributed by atoms with E-state index in [4.69, 9.17) is 17.0 Å². The number of rotatable bonds is 2. The number of ether oxygens (including phenoxy) is 1. The molecule has 0 aliphatic heterocycles. The first-order valence-electron chi connectivity index (χ1n) is 6.13. The van der Waals surface area contributed by atoms with Crippen molar-refractivity contribution in [2.45, 2.75) is 31.4 Å². The van der Waals surface area contributed by atoms with Crippen LogP contribution in [0.2, 0.25) is 0 Å². The minimum atomic E-state index is 0.273. The summed E-state index contributed by atoms with van der Waals surface area (Å²) in [6.45, 7) is 0. The highest BCUT2D eigenvalue weighted by Gasteiger charge is 2.30. The summed E-state index contributed by atoms with van der Waals surface area (Å²) >= 11 is 8.99. The van der Waals surface area contributed by atoms with E-state index in [1.165, 1.54) is 6.42 Å². The van der Waals surface area contributed by atoms with Gasteiger partial charge in [-0.3, -0.25) is 0 Å². The highest BCUT2D eigenvalue weighted by atomic mass is 79.9. The van der Waals surface area contributed by atoms with Gasteiger partial charge < -0.3 is 14.3 Å². The molecule has 3 nitrogen and oxygen atoms in total. The molecule has 1 fully saturated rings. The molecule has 5 heteroatoms. The maximum Gasteiger partial charge on any atom is 0.178 e. The van der Waals surface area contributed by atoms with E-state index in [1.807, 2.05) is 6.07 Å². The second kappa shape index (κ2) is 4.79. The van der Waals surface area contributed by atoms with Crippen molar-refractivity contribution < 1.29 is 4.74 Å². The Morgan fingerprint density at radius 3 is 3.06 bits per heavy atom. The largest absolute Gasteiger partial charge is 0.379 e. The summed E-state index contributed by atoms with van der Waals surface area (Å²) in [5.41, 5.74) is 2.24.